The third kappa shape index (κ3) is 3.65. The first-order valence-electron chi connectivity index (χ1n) is 5.89. The summed E-state index contributed by atoms with van der Waals surface area (Å²) < 4.78 is 5.24. The Morgan fingerprint density at radius 2 is 2.20 bits per heavy atom. The summed E-state index contributed by atoms with van der Waals surface area (Å²) in [5, 5.41) is 18.8. The highest BCUT2D eigenvalue weighted by molar-refractivity contribution is 6.32. The second-order valence-electron chi connectivity index (χ2n) is 4.15. The van der Waals surface area contributed by atoms with Crippen molar-refractivity contribution in [2.24, 2.45) is 0 Å². The van der Waals surface area contributed by atoms with Crippen LogP contribution in [-0.2, 0) is 4.79 Å². The standard InChI is InChI=1S/C14H15ClN2O3/c1-4-20-12-7-9(6-11(15)13(12)18)5-10(8-16)14(19)17(2)3/h5-7,18H,4H2,1-3H3/b10-5-. The van der Waals surface area contributed by atoms with E-state index in [9.17, 15) is 9.90 Å². The number of carbonyl (C=O) groups excluding carboxylic acids is 1. The molecule has 1 aromatic rings. The summed E-state index contributed by atoms with van der Waals surface area (Å²) in [6.07, 6.45) is 1.40. The summed E-state index contributed by atoms with van der Waals surface area (Å²) in [4.78, 5) is 13.1. The van der Waals surface area contributed by atoms with Gasteiger partial charge in [0.25, 0.3) is 5.91 Å². The molecular weight excluding hydrogens is 280 g/mol. The fourth-order valence-electron chi connectivity index (χ4n) is 1.49. The Labute approximate surface area is 122 Å². The van der Waals surface area contributed by atoms with Gasteiger partial charge in [0.15, 0.2) is 11.5 Å². The second-order valence-corrected chi connectivity index (χ2v) is 4.56. The van der Waals surface area contributed by atoms with E-state index in [1.54, 1.807) is 21.0 Å². The van der Waals surface area contributed by atoms with Crippen LogP contribution in [0.2, 0.25) is 5.02 Å². The van der Waals surface area contributed by atoms with Gasteiger partial charge in [0.05, 0.1) is 11.6 Å². The molecule has 0 atom stereocenters. The number of phenols is 1. The number of nitriles is 1. The number of aromatic hydroxyl groups is 1. The average molecular weight is 295 g/mol. The molecule has 0 aliphatic heterocycles. The van der Waals surface area contributed by atoms with E-state index in [0.717, 1.165) is 0 Å². The molecular formula is C14H15ClN2O3. The van der Waals surface area contributed by atoms with E-state index in [2.05, 4.69) is 0 Å². The maximum Gasteiger partial charge on any atom is 0.264 e. The molecule has 0 aromatic heterocycles. The molecule has 0 radical (unpaired) electrons. The Kier molecular flexibility index (Phi) is 5.42. The van der Waals surface area contributed by atoms with Crippen molar-refractivity contribution in [1.82, 2.24) is 4.90 Å². The monoisotopic (exact) mass is 294 g/mol. The Balaban J connectivity index is 3.26. The normalized spacial score (nSPS) is 10.8. The number of rotatable bonds is 4. The summed E-state index contributed by atoms with van der Waals surface area (Å²) in [7, 11) is 3.12. The highest BCUT2D eigenvalue weighted by Crippen LogP contribution is 2.35. The molecule has 0 heterocycles. The summed E-state index contributed by atoms with van der Waals surface area (Å²) in [6.45, 7) is 2.13. The van der Waals surface area contributed by atoms with Crippen molar-refractivity contribution in [3.05, 3.63) is 28.3 Å². The molecule has 1 aromatic carbocycles. The van der Waals surface area contributed by atoms with Crippen LogP contribution in [0.4, 0.5) is 0 Å². The fourth-order valence-corrected chi connectivity index (χ4v) is 1.71. The van der Waals surface area contributed by atoms with Crippen LogP contribution < -0.4 is 4.74 Å². The topological polar surface area (TPSA) is 73.6 Å². The van der Waals surface area contributed by atoms with E-state index in [4.69, 9.17) is 21.6 Å². The Morgan fingerprint density at radius 3 is 2.70 bits per heavy atom. The molecule has 1 rings (SSSR count). The minimum absolute atomic E-state index is 0.0285. The number of benzene rings is 1. The van der Waals surface area contributed by atoms with Gasteiger partial charge >= 0.3 is 0 Å². The molecule has 1 N–H and O–H groups in total. The number of carbonyl (C=O) groups is 1. The summed E-state index contributed by atoms with van der Waals surface area (Å²) >= 11 is 5.89. The minimum Gasteiger partial charge on any atom is -0.503 e. The van der Waals surface area contributed by atoms with Crippen LogP contribution in [0.15, 0.2) is 17.7 Å². The van der Waals surface area contributed by atoms with Gasteiger partial charge in [0.1, 0.15) is 11.6 Å². The van der Waals surface area contributed by atoms with E-state index >= 15 is 0 Å². The molecule has 0 saturated heterocycles. The van der Waals surface area contributed by atoms with Crippen molar-refractivity contribution in [3.8, 4) is 17.6 Å². The van der Waals surface area contributed by atoms with E-state index in [1.165, 1.54) is 23.1 Å². The van der Waals surface area contributed by atoms with Crippen molar-refractivity contribution in [3.63, 3.8) is 0 Å². The van der Waals surface area contributed by atoms with Crippen molar-refractivity contribution in [2.45, 2.75) is 6.92 Å². The van der Waals surface area contributed by atoms with Crippen LogP contribution in [0.3, 0.4) is 0 Å². The van der Waals surface area contributed by atoms with Crippen LogP contribution in [0.5, 0.6) is 11.5 Å². The number of hydrogen-bond acceptors (Lipinski definition) is 4. The molecule has 0 aliphatic carbocycles. The SMILES string of the molecule is CCOc1cc(/C=C(/C#N)C(=O)N(C)C)cc(Cl)c1O. The van der Waals surface area contributed by atoms with Gasteiger partial charge in [0, 0.05) is 14.1 Å². The highest BCUT2D eigenvalue weighted by atomic mass is 35.5. The first kappa shape index (κ1) is 15.9. The molecule has 0 bridgehead atoms. The van der Waals surface area contributed by atoms with Gasteiger partial charge in [-0.2, -0.15) is 5.26 Å². The van der Waals surface area contributed by atoms with Crippen LogP contribution in [-0.4, -0.2) is 36.6 Å². The summed E-state index contributed by atoms with van der Waals surface area (Å²) in [5.74, 6) is -0.362. The van der Waals surface area contributed by atoms with E-state index in [0.29, 0.717) is 12.2 Å². The lowest BCUT2D eigenvalue weighted by Gasteiger charge is -2.10. The van der Waals surface area contributed by atoms with Gasteiger partial charge < -0.3 is 14.7 Å². The van der Waals surface area contributed by atoms with Crippen molar-refractivity contribution >= 4 is 23.6 Å². The maximum atomic E-state index is 11.8. The lowest BCUT2D eigenvalue weighted by Crippen LogP contribution is -2.22. The van der Waals surface area contributed by atoms with Gasteiger partial charge in [-0.15, -0.1) is 0 Å². The van der Waals surface area contributed by atoms with Crippen molar-refractivity contribution < 1.29 is 14.6 Å². The maximum absolute atomic E-state index is 11.8. The molecule has 20 heavy (non-hydrogen) atoms. The Morgan fingerprint density at radius 1 is 1.55 bits per heavy atom. The Bertz CT molecular complexity index is 589. The minimum atomic E-state index is -0.408. The first-order chi connectivity index (χ1) is 9.40. The van der Waals surface area contributed by atoms with Gasteiger partial charge in [-0.1, -0.05) is 11.6 Å². The van der Waals surface area contributed by atoms with E-state index in [-0.39, 0.29) is 22.1 Å². The molecule has 6 heteroatoms. The van der Waals surface area contributed by atoms with Gasteiger partial charge in [-0.25, -0.2) is 0 Å². The highest BCUT2D eigenvalue weighted by Gasteiger charge is 2.13. The zero-order valence-electron chi connectivity index (χ0n) is 11.5. The summed E-state index contributed by atoms with van der Waals surface area (Å²) in [5.41, 5.74) is 0.474. The van der Waals surface area contributed by atoms with Gasteiger partial charge in [-0.05, 0) is 30.7 Å². The lowest BCUT2D eigenvalue weighted by atomic mass is 10.1. The molecule has 0 fully saturated rings. The third-order valence-electron chi connectivity index (χ3n) is 2.42. The van der Waals surface area contributed by atoms with Crippen LogP contribution in [0, 0.1) is 11.3 Å². The molecule has 1 amide bonds. The number of ether oxygens (including phenoxy) is 1. The predicted octanol–water partition coefficient (Wildman–Crippen LogP) is 2.44. The lowest BCUT2D eigenvalue weighted by molar-refractivity contribution is -0.124. The Hall–Kier alpha value is -2.19. The fraction of sp³-hybridized carbons (Fsp3) is 0.286. The van der Waals surface area contributed by atoms with Gasteiger partial charge in [-0.3, -0.25) is 4.79 Å². The van der Waals surface area contributed by atoms with Crippen LogP contribution in [0.1, 0.15) is 12.5 Å². The molecule has 0 spiro atoms. The zero-order chi connectivity index (χ0) is 15.3. The quantitative estimate of drug-likeness (QED) is 0.684. The number of amides is 1. The first-order valence-corrected chi connectivity index (χ1v) is 6.27. The van der Waals surface area contributed by atoms with Gasteiger partial charge in [0.2, 0.25) is 0 Å². The van der Waals surface area contributed by atoms with Crippen LogP contribution in [0.25, 0.3) is 6.08 Å². The molecule has 0 aliphatic rings. The number of likely N-dealkylation sites (N-methyl/N-ethyl adjacent to an activating group) is 1. The molecule has 0 saturated carbocycles. The van der Waals surface area contributed by atoms with Crippen LogP contribution >= 0.6 is 11.6 Å². The zero-order valence-corrected chi connectivity index (χ0v) is 12.2. The second kappa shape index (κ2) is 6.83. The average Bonchev–Trinajstić information content (AvgIpc) is 2.40. The molecule has 106 valence electrons. The predicted molar refractivity (Wildman–Crippen MR) is 76.6 cm³/mol. The smallest absolute Gasteiger partial charge is 0.264 e. The number of nitrogens with zero attached hydrogens (tertiary/aromatic N) is 2. The molecule has 5 nitrogen and oxygen atoms in total. The number of hydrogen-bond donors (Lipinski definition) is 1. The summed E-state index contributed by atoms with van der Waals surface area (Å²) in [6, 6.07) is 4.82. The largest absolute Gasteiger partial charge is 0.503 e. The van der Waals surface area contributed by atoms with E-state index in [1.807, 2.05) is 6.07 Å². The van der Waals surface area contributed by atoms with Crippen molar-refractivity contribution in [1.29, 1.82) is 5.26 Å². The van der Waals surface area contributed by atoms with E-state index < -0.39 is 5.91 Å². The number of phenolic OH excluding ortho intramolecular Hbond substituents is 1. The van der Waals surface area contributed by atoms with Crippen molar-refractivity contribution in [2.75, 3.05) is 20.7 Å². The third-order valence-corrected chi connectivity index (χ3v) is 2.71. The molecule has 0 unspecified atom stereocenters. The number of halogens is 1.